The van der Waals surface area contributed by atoms with Gasteiger partial charge >= 0.3 is 0 Å². The normalized spacial score (nSPS) is 13.8. The minimum Gasteiger partial charge on any atom is -0.380 e. The lowest BCUT2D eigenvalue weighted by molar-refractivity contribution is 0.640. The molecule has 0 saturated carbocycles. The second-order valence-electron chi connectivity index (χ2n) is 7.39. The number of rotatable bonds is 4. The SMILES string of the molecule is CCC(CC)c1cc(C)nc2c1NCCN2c1c(C)cc(C)cc1C. The molecule has 2 aromatic rings. The molecule has 25 heavy (non-hydrogen) atoms. The second-order valence-corrected chi connectivity index (χ2v) is 7.39. The van der Waals surface area contributed by atoms with Gasteiger partial charge in [-0.25, -0.2) is 4.98 Å². The molecule has 0 amide bonds. The van der Waals surface area contributed by atoms with Crippen LogP contribution in [0.4, 0.5) is 17.2 Å². The molecule has 0 atom stereocenters. The number of nitrogens with zero attached hydrogens (tertiary/aromatic N) is 2. The zero-order valence-electron chi connectivity index (χ0n) is 16.5. The van der Waals surface area contributed by atoms with Gasteiger partial charge in [0, 0.05) is 24.5 Å². The van der Waals surface area contributed by atoms with Gasteiger partial charge in [0.25, 0.3) is 0 Å². The summed E-state index contributed by atoms with van der Waals surface area (Å²) in [4.78, 5) is 7.38. The zero-order valence-corrected chi connectivity index (χ0v) is 16.5. The molecule has 0 bridgehead atoms. The lowest BCUT2D eigenvalue weighted by Gasteiger charge is -2.35. The van der Waals surface area contributed by atoms with E-state index in [-0.39, 0.29) is 0 Å². The van der Waals surface area contributed by atoms with E-state index < -0.39 is 0 Å². The largest absolute Gasteiger partial charge is 0.380 e. The minimum absolute atomic E-state index is 0.586. The number of anilines is 3. The summed E-state index contributed by atoms with van der Waals surface area (Å²) in [5, 5.41) is 3.65. The van der Waals surface area contributed by atoms with Crippen LogP contribution in [-0.4, -0.2) is 18.1 Å². The predicted octanol–water partition coefficient (Wildman–Crippen LogP) is 5.78. The Kier molecular flexibility index (Phi) is 5.03. The van der Waals surface area contributed by atoms with E-state index in [2.05, 4.69) is 70.0 Å². The standard InChI is InChI=1S/C22H31N3/c1-7-18(8-2)19-13-17(6)24-22-20(19)23-9-10-25(22)21-15(4)11-14(3)12-16(21)5/h11-13,18,23H,7-10H2,1-6H3. The van der Waals surface area contributed by atoms with Crippen molar-refractivity contribution in [3.63, 3.8) is 0 Å². The first-order valence-corrected chi connectivity index (χ1v) is 9.57. The molecule has 1 aromatic carbocycles. The molecular weight excluding hydrogens is 306 g/mol. The van der Waals surface area contributed by atoms with Crippen molar-refractivity contribution in [2.45, 2.75) is 60.3 Å². The molecule has 1 aliphatic heterocycles. The Hall–Kier alpha value is -2.03. The molecule has 2 heterocycles. The topological polar surface area (TPSA) is 28.2 Å². The number of nitrogens with one attached hydrogen (secondary N) is 1. The quantitative estimate of drug-likeness (QED) is 0.766. The fraction of sp³-hybridized carbons (Fsp3) is 0.500. The van der Waals surface area contributed by atoms with Gasteiger partial charge in [0.2, 0.25) is 0 Å². The summed E-state index contributed by atoms with van der Waals surface area (Å²) < 4.78 is 0. The molecule has 3 heteroatoms. The Morgan fingerprint density at radius 3 is 2.28 bits per heavy atom. The monoisotopic (exact) mass is 337 g/mol. The molecular formula is C22H31N3. The number of fused-ring (bicyclic) bond motifs is 1. The Bertz CT molecular complexity index is 752. The summed E-state index contributed by atoms with van der Waals surface area (Å²) in [6.45, 7) is 15.2. The van der Waals surface area contributed by atoms with E-state index in [1.807, 2.05) is 0 Å². The first-order chi connectivity index (χ1) is 12.0. The van der Waals surface area contributed by atoms with Crippen LogP contribution in [0.25, 0.3) is 0 Å². The van der Waals surface area contributed by atoms with Gasteiger partial charge in [-0.2, -0.15) is 0 Å². The van der Waals surface area contributed by atoms with E-state index in [1.165, 1.54) is 33.6 Å². The van der Waals surface area contributed by atoms with Crippen LogP contribution < -0.4 is 10.2 Å². The molecule has 1 aliphatic rings. The summed E-state index contributed by atoms with van der Waals surface area (Å²) in [6.07, 6.45) is 2.33. The molecule has 3 nitrogen and oxygen atoms in total. The van der Waals surface area contributed by atoms with Gasteiger partial charge in [0.05, 0.1) is 5.69 Å². The Labute approximate surface area is 152 Å². The van der Waals surface area contributed by atoms with Crippen molar-refractivity contribution in [2.75, 3.05) is 23.3 Å². The summed E-state index contributed by atoms with van der Waals surface area (Å²) in [5.74, 6) is 1.69. The first kappa shape index (κ1) is 17.8. The van der Waals surface area contributed by atoms with Gasteiger partial charge in [-0.15, -0.1) is 0 Å². The lowest BCUT2D eigenvalue weighted by atomic mass is 9.91. The smallest absolute Gasteiger partial charge is 0.157 e. The van der Waals surface area contributed by atoms with Gasteiger partial charge in [0.1, 0.15) is 0 Å². The van der Waals surface area contributed by atoms with Crippen LogP contribution in [0.15, 0.2) is 18.2 Å². The highest BCUT2D eigenvalue weighted by Gasteiger charge is 2.26. The maximum Gasteiger partial charge on any atom is 0.157 e. The maximum atomic E-state index is 4.95. The van der Waals surface area contributed by atoms with Gasteiger partial charge in [0.15, 0.2) is 5.82 Å². The van der Waals surface area contributed by atoms with E-state index in [9.17, 15) is 0 Å². The summed E-state index contributed by atoms with van der Waals surface area (Å²) >= 11 is 0. The maximum absolute atomic E-state index is 4.95. The Morgan fingerprint density at radius 2 is 1.68 bits per heavy atom. The van der Waals surface area contributed by atoms with Crippen LogP contribution in [0, 0.1) is 27.7 Å². The number of hydrogen-bond donors (Lipinski definition) is 1. The minimum atomic E-state index is 0.586. The Morgan fingerprint density at radius 1 is 1.04 bits per heavy atom. The van der Waals surface area contributed by atoms with Crippen molar-refractivity contribution in [2.24, 2.45) is 0 Å². The van der Waals surface area contributed by atoms with Crippen LogP contribution in [0.3, 0.4) is 0 Å². The molecule has 134 valence electrons. The summed E-state index contributed by atoms with van der Waals surface area (Å²) in [6, 6.07) is 6.84. The molecule has 1 N–H and O–H groups in total. The van der Waals surface area contributed by atoms with Crippen LogP contribution in [-0.2, 0) is 0 Å². The number of aryl methyl sites for hydroxylation is 4. The van der Waals surface area contributed by atoms with Gasteiger partial charge < -0.3 is 10.2 Å². The van der Waals surface area contributed by atoms with Crippen molar-refractivity contribution in [3.05, 3.63) is 46.1 Å². The van der Waals surface area contributed by atoms with E-state index in [0.717, 1.165) is 37.4 Å². The number of pyridine rings is 1. The zero-order chi connectivity index (χ0) is 18.1. The van der Waals surface area contributed by atoms with Crippen molar-refractivity contribution in [1.29, 1.82) is 0 Å². The fourth-order valence-electron chi connectivity index (χ4n) is 4.32. The molecule has 0 unspecified atom stereocenters. The average Bonchev–Trinajstić information content (AvgIpc) is 2.55. The molecule has 0 saturated heterocycles. The summed E-state index contributed by atoms with van der Waals surface area (Å²) in [5.41, 5.74) is 9.09. The van der Waals surface area contributed by atoms with Crippen molar-refractivity contribution in [1.82, 2.24) is 4.98 Å². The third-order valence-electron chi connectivity index (χ3n) is 5.38. The van der Waals surface area contributed by atoms with Gasteiger partial charge in [-0.3, -0.25) is 0 Å². The average molecular weight is 338 g/mol. The fourth-order valence-corrected chi connectivity index (χ4v) is 4.32. The lowest BCUT2D eigenvalue weighted by Crippen LogP contribution is -2.33. The molecule has 0 spiro atoms. The van der Waals surface area contributed by atoms with E-state index in [1.54, 1.807) is 0 Å². The van der Waals surface area contributed by atoms with Crippen LogP contribution in [0.5, 0.6) is 0 Å². The predicted molar refractivity (Wildman–Crippen MR) is 108 cm³/mol. The van der Waals surface area contributed by atoms with Crippen LogP contribution >= 0.6 is 0 Å². The molecule has 3 rings (SSSR count). The first-order valence-electron chi connectivity index (χ1n) is 9.57. The third-order valence-corrected chi connectivity index (χ3v) is 5.38. The third kappa shape index (κ3) is 3.24. The van der Waals surface area contributed by atoms with E-state index in [0.29, 0.717) is 5.92 Å². The highest BCUT2D eigenvalue weighted by molar-refractivity contribution is 5.80. The molecule has 0 fully saturated rings. The van der Waals surface area contributed by atoms with E-state index >= 15 is 0 Å². The second kappa shape index (κ2) is 7.07. The van der Waals surface area contributed by atoms with Gasteiger partial charge in [-0.05, 0) is 69.2 Å². The molecule has 1 aromatic heterocycles. The highest BCUT2D eigenvalue weighted by atomic mass is 15.2. The Balaban J connectivity index is 2.18. The van der Waals surface area contributed by atoms with Crippen molar-refractivity contribution in [3.8, 4) is 0 Å². The number of benzene rings is 1. The van der Waals surface area contributed by atoms with Crippen molar-refractivity contribution < 1.29 is 0 Å². The molecule has 0 aliphatic carbocycles. The number of aromatic nitrogens is 1. The van der Waals surface area contributed by atoms with E-state index in [4.69, 9.17) is 4.98 Å². The highest BCUT2D eigenvalue weighted by Crippen LogP contribution is 2.42. The number of hydrogen-bond acceptors (Lipinski definition) is 3. The van der Waals surface area contributed by atoms with Crippen LogP contribution in [0.2, 0.25) is 0 Å². The van der Waals surface area contributed by atoms with Crippen molar-refractivity contribution >= 4 is 17.2 Å². The summed E-state index contributed by atoms with van der Waals surface area (Å²) in [7, 11) is 0. The molecule has 0 radical (unpaired) electrons. The van der Waals surface area contributed by atoms with Gasteiger partial charge in [-0.1, -0.05) is 31.5 Å². The van der Waals surface area contributed by atoms with Crippen LogP contribution in [0.1, 0.15) is 60.6 Å².